The normalized spacial score (nSPS) is 12.0. The third kappa shape index (κ3) is 8.37. The number of aromatic carboxylic acids is 1. The molecule has 220 valence electrons. The third-order valence-electron chi connectivity index (χ3n) is 6.58. The Labute approximate surface area is 242 Å². The van der Waals surface area contributed by atoms with Crippen molar-refractivity contribution in [2.75, 3.05) is 12.4 Å². The Morgan fingerprint density at radius 1 is 0.857 bits per heavy atom. The lowest BCUT2D eigenvalue weighted by molar-refractivity contribution is -0.384. The van der Waals surface area contributed by atoms with Crippen molar-refractivity contribution in [1.82, 2.24) is 16.0 Å². The summed E-state index contributed by atoms with van der Waals surface area (Å²) in [4.78, 5) is 60.0. The second kappa shape index (κ2) is 14.4. The quantitative estimate of drug-likeness (QED) is 0.152. The summed E-state index contributed by atoms with van der Waals surface area (Å²) in [5, 5.41) is 31.5. The highest BCUT2D eigenvalue weighted by atomic mass is 16.6. The van der Waals surface area contributed by atoms with Crippen molar-refractivity contribution in [2.45, 2.75) is 45.2 Å². The lowest BCUT2D eigenvalue weighted by atomic mass is 9.99. The molecule has 0 saturated carbocycles. The number of hydrogen-bond donors (Lipinski definition) is 5. The second-order valence-electron chi connectivity index (χ2n) is 9.58. The van der Waals surface area contributed by atoms with Crippen LogP contribution in [0.4, 0.5) is 17.1 Å². The number of aryl methyl sites for hydroxylation is 1. The minimum Gasteiger partial charge on any atom is -0.478 e. The van der Waals surface area contributed by atoms with Gasteiger partial charge in [0.25, 0.3) is 5.69 Å². The van der Waals surface area contributed by atoms with Crippen LogP contribution in [0.1, 0.15) is 40.9 Å². The molecule has 3 amide bonds. The number of non-ortho nitro benzene ring substituents is 1. The van der Waals surface area contributed by atoms with Crippen LogP contribution in [0.5, 0.6) is 0 Å². The van der Waals surface area contributed by atoms with Gasteiger partial charge in [-0.05, 0) is 41.3 Å². The Bertz CT molecular complexity index is 1470. The van der Waals surface area contributed by atoms with Gasteiger partial charge in [-0.25, -0.2) is 4.79 Å². The number of carbonyl (C=O) groups is 4. The van der Waals surface area contributed by atoms with E-state index in [2.05, 4.69) is 21.3 Å². The standard InChI is InChI=1S/C30H33N5O7/c1-4-21-15-20(11-14-24(21)33-25-8-6-5-7-23(25)30(39)40)17-27(32-18(2)36)29(38)34-26(28(37)31-3)16-19-9-12-22(13-10-19)35(41)42/h5-15,26-27,33H,4,16-17H2,1-3H3,(H,31,37)(H,32,36)(H,34,38)(H,39,40)/t26-,27+/m0/s1. The molecule has 12 heteroatoms. The number of rotatable bonds is 13. The van der Waals surface area contributed by atoms with Crippen LogP contribution in [0.2, 0.25) is 0 Å². The number of carboxylic acid groups (broad SMARTS) is 1. The fourth-order valence-corrected chi connectivity index (χ4v) is 4.45. The van der Waals surface area contributed by atoms with E-state index in [0.717, 1.165) is 11.1 Å². The summed E-state index contributed by atoms with van der Waals surface area (Å²) in [6.07, 6.45) is 0.813. The Balaban J connectivity index is 1.80. The molecule has 0 saturated heterocycles. The van der Waals surface area contributed by atoms with Gasteiger partial charge >= 0.3 is 5.97 Å². The van der Waals surface area contributed by atoms with Crippen molar-refractivity contribution < 1.29 is 29.2 Å². The van der Waals surface area contributed by atoms with Gasteiger partial charge in [-0.3, -0.25) is 24.5 Å². The van der Waals surface area contributed by atoms with Crippen LogP contribution in [-0.4, -0.2) is 52.9 Å². The Kier molecular flexibility index (Phi) is 10.7. The molecule has 3 aromatic rings. The van der Waals surface area contributed by atoms with Crippen molar-refractivity contribution >= 4 is 40.8 Å². The molecule has 42 heavy (non-hydrogen) atoms. The van der Waals surface area contributed by atoms with E-state index in [-0.39, 0.29) is 24.1 Å². The molecule has 12 nitrogen and oxygen atoms in total. The van der Waals surface area contributed by atoms with Crippen molar-refractivity contribution in [3.05, 3.63) is 99.1 Å². The first kappa shape index (κ1) is 31.3. The number of para-hydroxylation sites is 1. The number of nitro benzene ring substituents is 1. The van der Waals surface area contributed by atoms with Crippen LogP contribution < -0.4 is 21.3 Å². The molecular formula is C30H33N5O7. The van der Waals surface area contributed by atoms with Crippen LogP contribution in [0.25, 0.3) is 0 Å². The van der Waals surface area contributed by atoms with Crippen molar-refractivity contribution in [1.29, 1.82) is 0 Å². The Morgan fingerprint density at radius 2 is 1.48 bits per heavy atom. The number of hydrogen-bond acceptors (Lipinski definition) is 7. The average Bonchev–Trinajstić information content (AvgIpc) is 2.96. The van der Waals surface area contributed by atoms with E-state index in [0.29, 0.717) is 23.4 Å². The van der Waals surface area contributed by atoms with Crippen LogP contribution in [-0.2, 0) is 33.6 Å². The molecule has 5 N–H and O–H groups in total. The minimum absolute atomic E-state index is 0.0777. The molecule has 3 aromatic carbocycles. The maximum absolute atomic E-state index is 13.3. The summed E-state index contributed by atoms with van der Waals surface area (Å²) < 4.78 is 0. The number of nitrogens with zero attached hydrogens (tertiary/aromatic N) is 1. The van der Waals surface area contributed by atoms with Crippen molar-refractivity contribution in [3.63, 3.8) is 0 Å². The zero-order valence-electron chi connectivity index (χ0n) is 23.5. The van der Waals surface area contributed by atoms with E-state index in [1.165, 1.54) is 44.3 Å². The monoisotopic (exact) mass is 575 g/mol. The number of likely N-dealkylation sites (N-methyl/N-ethyl adjacent to an activating group) is 1. The molecule has 0 aliphatic heterocycles. The molecule has 0 unspecified atom stereocenters. The van der Waals surface area contributed by atoms with Crippen LogP contribution in [0, 0.1) is 10.1 Å². The highest BCUT2D eigenvalue weighted by Crippen LogP contribution is 2.26. The van der Waals surface area contributed by atoms with Gasteiger partial charge in [-0.1, -0.05) is 43.3 Å². The zero-order chi connectivity index (χ0) is 30.8. The summed E-state index contributed by atoms with van der Waals surface area (Å²) in [5.41, 5.74) is 3.40. The number of carboxylic acids is 1. The Hall–Kier alpha value is -5.26. The number of carbonyl (C=O) groups excluding carboxylic acids is 3. The molecule has 2 atom stereocenters. The van der Waals surface area contributed by atoms with E-state index in [1.54, 1.807) is 30.3 Å². The molecule has 0 spiro atoms. The predicted molar refractivity (Wildman–Crippen MR) is 157 cm³/mol. The average molecular weight is 576 g/mol. The SMILES string of the molecule is CCc1cc(C[C@@H](NC(C)=O)C(=O)N[C@@H](Cc2ccc([N+](=O)[O-])cc2)C(=O)NC)ccc1Nc1ccccc1C(=O)O. The highest BCUT2D eigenvalue weighted by molar-refractivity contribution is 5.95. The summed E-state index contributed by atoms with van der Waals surface area (Å²) in [7, 11) is 1.43. The summed E-state index contributed by atoms with van der Waals surface area (Å²) in [5.74, 6) is -2.52. The lowest BCUT2D eigenvalue weighted by Gasteiger charge is -2.23. The number of nitro groups is 1. The van der Waals surface area contributed by atoms with E-state index < -0.39 is 40.7 Å². The molecule has 0 fully saturated rings. The highest BCUT2D eigenvalue weighted by Gasteiger charge is 2.27. The van der Waals surface area contributed by atoms with E-state index in [4.69, 9.17) is 0 Å². The summed E-state index contributed by atoms with van der Waals surface area (Å²) in [6, 6.07) is 15.7. The smallest absolute Gasteiger partial charge is 0.337 e. The fourth-order valence-electron chi connectivity index (χ4n) is 4.45. The van der Waals surface area contributed by atoms with Gasteiger partial charge in [-0.2, -0.15) is 0 Å². The lowest BCUT2D eigenvalue weighted by Crippen LogP contribution is -2.54. The first-order valence-electron chi connectivity index (χ1n) is 13.3. The van der Waals surface area contributed by atoms with E-state index in [9.17, 15) is 34.4 Å². The van der Waals surface area contributed by atoms with Gasteiger partial charge in [0, 0.05) is 44.6 Å². The second-order valence-corrected chi connectivity index (χ2v) is 9.58. The maximum Gasteiger partial charge on any atom is 0.337 e. The number of amides is 3. The number of benzene rings is 3. The minimum atomic E-state index is -1.06. The molecule has 0 radical (unpaired) electrons. The van der Waals surface area contributed by atoms with Crippen molar-refractivity contribution in [3.8, 4) is 0 Å². The topological polar surface area (TPSA) is 180 Å². The van der Waals surface area contributed by atoms with Gasteiger partial charge in [0.05, 0.1) is 16.2 Å². The van der Waals surface area contributed by atoms with Gasteiger partial charge < -0.3 is 26.4 Å². The predicted octanol–water partition coefficient (Wildman–Crippen LogP) is 3.12. The molecular weight excluding hydrogens is 542 g/mol. The molecule has 0 aliphatic carbocycles. The van der Waals surface area contributed by atoms with Crippen LogP contribution in [0.15, 0.2) is 66.7 Å². The van der Waals surface area contributed by atoms with Crippen molar-refractivity contribution in [2.24, 2.45) is 0 Å². The van der Waals surface area contributed by atoms with Crippen LogP contribution in [0.3, 0.4) is 0 Å². The summed E-state index contributed by atoms with van der Waals surface area (Å²) in [6.45, 7) is 3.23. The van der Waals surface area contributed by atoms with Gasteiger partial charge in [0.1, 0.15) is 12.1 Å². The van der Waals surface area contributed by atoms with Gasteiger partial charge in [0.15, 0.2) is 0 Å². The third-order valence-corrected chi connectivity index (χ3v) is 6.58. The fraction of sp³-hybridized carbons (Fsp3) is 0.267. The number of nitrogens with one attached hydrogen (secondary N) is 4. The zero-order valence-corrected chi connectivity index (χ0v) is 23.5. The maximum atomic E-state index is 13.3. The van der Waals surface area contributed by atoms with Crippen LogP contribution >= 0.6 is 0 Å². The first-order valence-corrected chi connectivity index (χ1v) is 13.3. The molecule has 3 rings (SSSR count). The van der Waals surface area contributed by atoms with Gasteiger partial charge in [-0.15, -0.1) is 0 Å². The molecule has 0 heterocycles. The Morgan fingerprint density at radius 3 is 2.07 bits per heavy atom. The summed E-state index contributed by atoms with van der Waals surface area (Å²) >= 11 is 0. The van der Waals surface area contributed by atoms with E-state index in [1.807, 2.05) is 13.0 Å². The molecule has 0 aromatic heterocycles. The number of anilines is 2. The molecule has 0 aliphatic rings. The molecule has 0 bridgehead atoms. The first-order chi connectivity index (χ1) is 20.0. The largest absolute Gasteiger partial charge is 0.478 e. The van der Waals surface area contributed by atoms with E-state index >= 15 is 0 Å². The van der Waals surface area contributed by atoms with Gasteiger partial charge in [0.2, 0.25) is 17.7 Å².